The van der Waals surface area contributed by atoms with Crippen LogP contribution in [0.4, 0.5) is 0 Å². The summed E-state index contributed by atoms with van der Waals surface area (Å²) >= 11 is 0. The lowest BCUT2D eigenvalue weighted by molar-refractivity contribution is -0.139. The van der Waals surface area contributed by atoms with Crippen molar-refractivity contribution in [3.8, 4) is 0 Å². The average Bonchev–Trinajstić information content (AvgIpc) is 3.17. The van der Waals surface area contributed by atoms with Gasteiger partial charge >= 0.3 is 0 Å². The van der Waals surface area contributed by atoms with Gasteiger partial charge in [-0.2, -0.15) is 0 Å². The zero-order chi connectivity index (χ0) is 14.7. The molecule has 2 saturated heterocycles. The summed E-state index contributed by atoms with van der Waals surface area (Å²) in [7, 11) is 0. The van der Waals surface area contributed by atoms with Gasteiger partial charge < -0.3 is 10.2 Å². The molecule has 1 aromatic rings. The van der Waals surface area contributed by atoms with Gasteiger partial charge in [-0.1, -0.05) is 43.7 Å². The molecule has 0 saturated carbocycles. The first-order chi connectivity index (χ1) is 10.3. The summed E-state index contributed by atoms with van der Waals surface area (Å²) in [5, 5.41) is 3.53. The lowest BCUT2D eigenvalue weighted by atomic mass is 9.89. The van der Waals surface area contributed by atoms with E-state index in [4.69, 9.17) is 0 Å². The van der Waals surface area contributed by atoms with Crippen molar-refractivity contribution in [1.82, 2.24) is 10.2 Å². The summed E-state index contributed by atoms with van der Waals surface area (Å²) in [6.45, 7) is 4.06. The summed E-state index contributed by atoms with van der Waals surface area (Å²) in [5.74, 6) is 0.341. The quantitative estimate of drug-likeness (QED) is 0.921. The first kappa shape index (κ1) is 14.6. The molecule has 0 bridgehead atoms. The first-order valence-corrected chi connectivity index (χ1v) is 8.38. The second-order valence-electron chi connectivity index (χ2n) is 6.43. The second-order valence-corrected chi connectivity index (χ2v) is 6.43. The summed E-state index contributed by atoms with van der Waals surface area (Å²) in [4.78, 5) is 15.3. The standard InChI is InChI=1S/C18H26N2O/c1-2-11-18(12-7-13-19-18)17(21)20-14-6-10-16(20)15-8-4-3-5-9-15/h3-5,8-9,16,19H,2,6-7,10-14H2,1H3. The van der Waals surface area contributed by atoms with Crippen LogP contribution in [0.1, 0.15) is 57.1 Å². The summed E-state index contributed by atoms with van der Waals surface area (Å²) in [5.41, 5.74) is 1.000. The minimum Gasteiger partial charge on any atom is -0.334 e. The molecule has 114 valence electrons. The number of benzene rings is 1. The van der Waals surface area contributed by atoms with Gasteiger partial charge in [-0.15, -0.1) is 0 Å². The Labute approximate surface area is 127 Å². The Morgan fingerprint density at radius 1 is 1.33 bits per heavy atom. The number of nitrogens with one attached hydrogen (secondary N) is 1. The van der Waals surface area contributed by atoms with E-state index >= 15 is 0 Å². The van der Waals surface area contributed by atoms with E-state index in [1.165, 1.54) is 5.56 Å². The topological polar surface area (TPSA) is 32.3 Å². The van der Waals surface area contributed by atoms with E-state index in [1.807, 2.05) is 6.07 Å². The number of rotatable bonds is 4. The van der Waals surface area contributed by atoms with E-state index in [2.05, 4.69) is 41.4 Å². The van der Waals surface area contributed by atoms with Crippen molar-refractivity contribution >= 4 is 5.91 Å². The van der Waals surface area contributed by atoms with Gasteiger partial charge in [-0.25, -0.2) is 0 Å². The maximum absolute atomic E-state index is 13.2. The van der Waals surface area contributed by atoms with E-state index in [1.54, 1.807) is 0 Å². The third-order valence-electron chi connectivity index (χ3n) is 5.03. The second kappa shape index (κ2) is 6.18. The van der Waals surface area contributed by atoms with Crippen LogP contribution in [0, 0.1) is 0 Å². The fraction of sp³-hybridized carbons (Fsp3) is 0.611. The molecular formula is C18H26N2O. The van der Waals surface area contributed by atoms with Crippen molar-refractivity contribution < 1.29 is 4.79 Å². The van der Waals surface area contributed by atoms with Crippen molar-refractivity contribution in [2.75, 3.05) is 13.1 Å². The van der Waals surface area contributed by atoms with Gasteiger partial charge in [0, 0.05) is 6.54 Å². The molecule has 1 aromatic carbocycles. The third-order valence-corrected chi connectivity index (χ3v) is 5.03. The molecule has 3 heteroatoms. The molecule has 1 amide bonds. The predicted molar refractivity (Wildman–Crippen MR) is 85.0 cm³/mol. The Kier molecular flexibility index (Phi) is 4.29. The average molecular weight is 286 g/mol. The van der Waals surface area contributed by atoms with Crippen molar-refractivity contribution in [3.63, 3.8) is 0 Å². The number of carbonyl (C=O) groups is 1. The van der Waals surface area contributed by atoms with Gasteiger partial charge in [0.25, 0.3) is 0 Å². The highest BCUT2D eigenvalue weighted by Crippen LogP contribution is 2.36. The zero-order valence-corrected chi connectivity index (χ0v) is 13.0. The number of amides is 1. The highest BCUT2D eigenvalue weighted by atomic mass is 16.2. The maximum atomic E-state index is 13.2. The molecule has 3 nitrogen and oxygen atoms in total. The Morgan fingerprint density at radius 3 is 2.81 bits per heavy atom. The highest BCUT2D eigenvalue weighted by Gasteiger charge is 2.45. The van der Waals surface area contributed by atoms with Crippen LogP contribution in [0.2, 0.25) is 0 Å². The fourth-order valence-corrected chi connectivity index (χ4v) is 4.04. The minimum atomic E-state index is -0.286. The van der Waals surface area contributed by atoms with Crippen molar-refractivity contribution in [2.45, 2.75) is 57.0 Å². The summed E-state index contributed by atoms with van der Waals surface area (Å²) < 4.78 is 0. The number of nitrogens with zero attached hydrogens (tertiary/aromatic N) is 1. The van der Waals surface area contributed by atoms with Crippen LogP contribution >= 0.6 is 0 Å². The Morgan fingerprint density at radius 2 is 2.14 bits per heavy atom. The van der Waals surface area contributed by atoms with Gasteiger partial charge in [-0.05, 0) is 44.2 Å². The predicted octanol–water partition coefficient (Wildman–Crippen LogP) is 3.27. The third kappa shape index (κ3) is 2.71. The van der Waals surface area contributed by atoms with Gasteiger partial charge in [0.1, 0.15) is 0 Å². The van der Waals surface area contributed by atoms with Crippen LogP contribution in [0.5, 0.6) is 0 Å². The molecule has 21 heavy (non-hydrogen) atoms. The van der Waals surface area contributed by atoms with E-state index in [0.29, 0.717) is 5.91 Å². The van der Waals surface area contributed by atoms with Crippen LogP contribution in [0.3, 0.4) is 0 Å². The molecule has 0 radical (unpaired) electrons. The molecule has 2 heterocycles. The van der Waals surface area contributed by atoms with Crippen molar-refractivity contribution in [3.05, 3.63) is 35.9 Å². The van der Waals surface area contributed by atoms with E-state index in [9.17, 15) is 4.79 Å². The Balaban J connectivity index is 1.82. The lowest BCUT2D eigenvalue weighted by Crippen LogP contribution is -2.54. The van der Waals surface area contributed by atoms with Gasteiger partial charge in [-0.3, -0.25) is 4.79 Å². The monoisotopic (exact) mass is 286 g/mol. The number of likely N-dealkylation sites (tertiary alicyclic amines) is 1. The molecule has 0 aromatic heterocycles. The van der Waals surface area contributed by atoms with Gasteiger partial charge in [0.05, 0.1) is 11.6 Å². The number of hydrogen-bond donors (Lipinski definition) is 1. The van der Waals surface area contributed by atoms with Gasteiger partial charge in [0.15, 0.2) is 0 Å². The molecule has 0 aliphatic carbocycles. The summed E-state index contributed by atoms with van der Waals surface area (Å²) in [6, 6.07) is 10.8. The minimum absolute atomic E-state index is 0.273. The highest BCUT2D eigenvalue weighted by molar-refractivity contribution is 5.87. The largest absolute Gasteiger partial charge is 0.334 e. The number of carbonyl (C=O) groups excluding carboxylic acids is 1. The normalized spacial score (nSPS) is 29.0. The van der Waals surface area contributed by atoms with Crippen LogP contribution in [-0.2, 0) is 4.79 Å². The van der Waals surface area contributed by atoms with E-state index in [-0.39, 0.29) is 11.6 Å². The molecule has 2 atom stereocenters. The molecule has 1 N–H and O–H groups in total. The van der Waals surface area contributed by atoms with Crippen molar-refractivity contribution in [2.24, 2.45) is 0 Å². The summed E-state index contributed by atoms with van der Waals surface area (Å²) in [6.07, 6.45) is 6.35. The molecule has 3 rings (SSSR count). The smallest absolute Gasteiger partial charge is 0.243 e. The fourth-order valence-electron chi connectivity index (χ4n) is 4.04. The van der Waals surface area contributed by atoms with Crippen LogP contribution in [0.15, 0.2) is 30.3 Å². The molecule has 0 spiro atoms. The lowest BCUT2D eigenvalue weighted by Gasteiger charge is -2.35. The first-order valence-electron chi connectivity index (χ1n) is 8.38. The molecule has 2 fully saturated rings. The van der Waals surface area contributed by atoms with Gasteiger partial charge in [0.2, 0.25) is 5.91 Å². The van der Waals surface area contributed by atoms with E-state index in [0.717, 1.165) is 51.6 Å². The van der Waals surface area contributed by atoms with Crippen LogP contribution in [-0.4, -0.2) is 29.4 Å². The van der Waals surface area contributed by atoms with Crippen molar-refractivity contribution in [1.29, 1.82) is 0 Å². The molecule has 2 aliphatic heterocycles. The molecular weight excluding hydrogens is 260 g/mol. The maximum Gasteiger partial charge on any atom is 0.243 e. The molecule has 2 unspecified atom stereocenters. The van der Waals surface area contributed by atoms with E-state index < -0.39 is 0 Å². The SMILES string of the molecule is CCCC1(C(=O)N2CCCC2c2ccccc2)CCCN1. The molecule has 2 aliphatic rings. The Hall–Kier alpha value is -1.35. The Bertz CT molecular complexity index is 479. The van der Waals surface area contributed by atoms with Crippen LogP contribution < -0.4 is 5.32 Å². The number of hydrogen-bond acceptors (Lipinski definition) is 2. The zero-order valence-electron chi connectivity index (χ0n) is 13.0. The van der Waals surface area contributed by atoms with Crippen LogP contribution in [0.25, 0.3) is 0 Å².